The minimum atomic E-state index is -3.17. The zero-order valence-corrected chi connectivity index (χ0v) is 13.8. The molecule has 1 aromatic carbocycles. The van der Waals surface area contributed by atoms with Crippen molar-refractivity contribution >= 4 is 37.3 Å². The highest BCUT2D eigenvalue weighted by Crippen LogP contribution is 2.36. The van der Waals surface area contributed by atoms with Crippen LogP contribution in [-0.4, -0.2) is 23.5 Å². The van der Waals surface area contributed by atoms with Gasteiger partial charge in [-0.15, -0.1) is 11.3 Å². The molecule has 1 fully saturated rings. The van der Waals surface area contributed by atoms with Crippen molar-refractivity contribution in [3.8, 4) is 0 Å². The van der Waals surface area contributed by atoms with E-state index in [9.17, 15) is 8.42 Å². The Morgan fingerprint density at radius 3 is 2.75 bits per heavy atom. The molecule has 0 saturated carbocycles. The van der Waals surface area contributed by atoms with Crippen LogP contribution in [0.15, 0.2) is 40.4 Å². The first kappa shape index (κ1) is 14.2. The van der Waals surface area contributed by atoms with Crippen LogP contribution < -0.4 is 0 Å². The summed E-state index contributed by atoms with van der Waals surface area (Å²) in [5.74, 6) is 0.215. The van der Waals surface area contributed by atoms with Crippen LogP contribution in [0.1, 0.15) is 22.9 Å². The molecule has 1 saturated heterocycles. The maximum Gasteiger partial charge on any atom is 0.215 e. The first-order valence-corrected chi connectivity index (χ1v) is 9.47. The normalized spacial score (nSPS) is 22.1. The first-order chi connectivity index (χ1) is 9.56. The predicted octanol–water partition coefficient (Wildman–Crippen LogP) is 3.18. The zero-order chi connectivity index (χ0) is 14.2. The van der Waals surface area contributed by atoms with Gasteiger partial charge in [0.05, 0.1) is 23.8 Å². The number of thiazole rings is 1. The fourth-order valence-corrected chi connectivity index (χ4v) is 5.06. The number of rotatable bonds is 3. The van der Waals surface area contributed by atoms with Crippen LogP contribution in [0.2, 0.25) is 0 Å². The van der Waals surface area contributed by atoms with E-state index in [1.165, 1.54) is 11.3 Å². The van der Waals surface area contributed by atoms with E-state index in [0.29, 0.717) is 13.0 Å². The Bertz CT molecular complexity index is 684. The molecule has 4 nitrogen and oxygen atoms in total. The van der Waals surface area contributed by atoms with Crippen LogP contribution in [0.5, 0.6) is 0 Å². The molecule has 0 N–H and O–H groups in total. The second-order valence-corrected chi connectivity index (χ2v) is 8.61. The van der Waals surface area contributed by atoms with Crippen molar-refractivity contribution in [2.24, 2.45) is 0 Å². The Kier molecular flexibility index (Phi) is 3.94. The molecule has 0 aliphatic carbocycles. The van der Waals surface area contributed by atoms with Gasteiger partial charge in [0.15, 0.2) is 0 Å². The summed E-state index contributed by atoms with van der Waals surface area (Å²) in [7, 11) is -3.17. The molecule has 0 radical (unpaired) electrons. The lowest BCUT2D eigenvalue weighted by Gasteiger charge is -2.22. The van der Waals surface area contributed by atoms with E-state index < -0.39 is 10.0 Å². The van der Waals surface area contributed by atoms with E-state index in [-0.39, 0.29) is 11.8 Å². The molecule has 0 amide bonds. The van der Waals surface area contributed by atoms with Crippen LogP contribution in [0.4, 0.5) is 0 Å². The molecule has 1 aliphatic rings. The van der Waals surface area contributed by atoms with Crippen molar-refractivity contribution < 1.29 is 8.42 Å². The zero-order valence-electron chi connectivity index (χ0n) is 10.6. The number of sulfonamides is 1. The smallest absolute Gasteiger partial charge is 0.215 e. The topological polar surface area (TPSA) is 50.3 Å². The highest BCUT2D eigenvalue weighted by atomic mass is 79.9. The highest BCUT2D eigenvalue weighted by molar-refractivity contribution is 9.10. The lowest BCUT2D eigenvalue weighted by atomic mass is 10.0. The number of nitrogens with zero attached hydrogens (tertiary/aromatic N) is 2. The van der Waals surface area contributed by atoms with Gasteiger partial charge in [0.25, 0.3) is 0 Å². The summed E-state index contributed by atoms with van der Waals surface area (Å²) in [6.07, 6.45) is 2.37. The maximum atomic E-state index is 12.2. The lowest BCUT2D eigenvalue weighted by molar-refractivity contribution is 0.346. The second kappa shape index (κ2) is 5.55. The van der Waals surface area contributed by atoms with Crippen molar-refractivity contribution in [2.45, 2.75) is 19.0 Å². The van der Waals surface area contributed by atoms with Crippen molar-refractivity contribution in [1.82, 2.24) is 9.29 Å². The van der Waals surface area contributed by atoms with Gasteiger partial charge in [0, 0.05) is 15.5 Å². The largest absolute Gasteiger partial charge is 0.253 e. The van der Waals surface area contributed by atoms with Crippen molar-refractivity contribution in [3.05, 3.63) is 50.9 Å². The Morgan fingerprint density at radius 2 is 2.10 bits per heavy atom. The summed E-state index contributed by atoms with van der Waals surface area (Å²) in [6, 6.07) is 7.79. The highest BCUT2D eigenvalue weighted by Gasteiger charge is 2.38. The van der Waals surface area contributed by atoms with Gasteiger partial charge in [-0.3, -0.25) is 4.98 Å². The van der Waals surface area contributed by atoms with Gasteiger partial charge in [-0.05, 0) is 24.1 Å². The quantitative estimate of drug-likeness (QED) is 0.831. The van der Waals surface area contributed by atoms with E-state index in [1.807, 2.05) is 24.3 Å². The monoisotopic (exact) mass is 372 g/mol. The standard InChI is InChI=1S/C13H13BrN2O2S2/c14-11-3-1-10(2-4-11)13-5-6-20(17,18)16(13)8-12-7-15-9-19-12/h1-4,7,9,13H,5-6,8H2. The molecule has 0 bridgehead atoms. The average molecular weight is 373 g/mol. The molecule has 1 unspecified atom stereocenters. The second-order valence-electron chi connectivity index (χ2n) is 4.69. The number of benzene rings is 1. The summed E-state index contributed by atoms with van der Waals surface area (Å²) in [4.78, 5) is 4.98. The van der Waals surface area contributed by atoms with Gasteiger partial charge in [0.2, 0.25) is 10.0 Å². The summed E-state index contributed by atoms with van der Waals surface area (Å²) in [5.41, 5.74) is 2.77. The van der Waals surface area contributed by atoms with Gasteiger partial charge < -0.3 is 0 Å². The van der Waals surface area contributed by atoms with E-state index in [2.05, 4.69) is 20.9 Å². The third-order valence-electron chi connectivity index (χ3n) is 3.40. The summed E-state index contributed by atoms with van der Waals surface area (Å²) in [6.45, 7) is 0.410. The molecular weight excluding hydrogens is 360 g/mol. The number of hydrogen-bond acceptors (Lipinski definition) is 4. The Balaban J connectivity index is 1.91. The molecule has 7 heteroatoms. The van der Waals surface area contributed by atoms with Gasteiger partial charge in [-0.25, -0.2) is 8.42 Å². The Morgan fingerprint density at radius 1 is 1.35 bits per heavy atom. The van der Waals surface area contributed by atoms with E-state index in [1.54, 1.807) is 16.0 Å². The fourth-order valence-electron chi connectivity index (χ4n) is 2.42. The van der Waals surface area contributed by atoms with Crippen LogP contribution in [0.3, 0.4) is 0 Å². The van der Waals surface area contributed by atoms with Crippen molar-refractivity contribution in [2.75, 3.05) is 5.75 Å². The van der Waals surface area contributed by atoms with Gasteiger partial charge in [0.1, 0.15) is 0 Å². The van der Waals surface area contributed by atoms with Gasteiger partial charge in [-0.1, -0.05) is 28.1 Å². The fraction of sp³-hybridized carbons (Fsp3) is 0.308. The SMILES string of the molecule is O=S1(=O)CCC(c2ccc(Br)cc2)N1Cc1cncs1. The third-order valence-corrected chi connectivity index (χ3v) is 6.55. The van der Waals surface area contributed by atoms with Crippen LogP contribution >= 0.6 is 27.3 Å². The summed E-state index contributed by atoms with van der Waals surface area (Å²) < 4.78 is 27.1. The molecular formula is C13H13BrN2O2S2. The minimum absolute atomic E-state index is 0.0739. The Labute approximate surface area is 130 Å². The maximum absolute atomic E-state index is 12.2. The third kappa shape index (κ3) is 2.81. The van der Waals surface area contributed by atoms with E-state index >= 15 is 0 Å². The first-order valence-electron chi connectivity index (χ1n) is 6.18. The van der Waals surface area contributed by atoms with E-state index in [4.69, 9.17) is 0 Å². The van der Waals surface area contributed by atoms with Crippen LogP contribution in [-0.2, 0) is 16.6 Å². The Hall–Kier alpha value is -0.760. The molecule has 2 aromatic rings. The van der Waals surface area contributed by atoms with Crippen LogP contribution in [0, 0.1) is 0 Å². The van der Waals surface area contributed by atoms with E-state index in [0.717, 1.165) is 14.9 Å². The number of halogens is 1. The van der Waals surface area contributed by atoms with Crippen LogP contribution in [0.25, 0.3) is 0 Å². The number of aromatic nitrogens is 1. The molecule has 3 rings (SSSR count). The molecule has 1 aromatic heterocycles. The van der Waals surface area contributed by atoms with Crippen molar-refractivity contribution in [1.29, 1.82) is 0 Å². The van der Waals surface area contributed by atoms with Crippen molar-refractivity contribution in [3.63, 3.8) is 0 Å². The molecule has 0 spiro atoms. The predicted molar refractivity (Wildman–Crippen MR) is 82.9 cm³/mol. The lowest BCUT2D eigenvalue weighted by Crippen LogP contribution is -2.27. The molecule has 106 valence electrons. The minimum Gasteiger partial charge on any atom is -0.253 e. The summed E-state index contributed by atoms with van der Waals surface area (Å²) in [5, 5.41) is 0. The molecule has 1 aliphatic heterocycles. The van der Waals surface area contributed by atoms with Gasteiger partial charge >= 0.3 is 0 Å². The molecule has 2 heterocycles. The van der Waals surface area contributed by atoms with Gasteiger partial charge in [-0.2, -0.15) is 4.31 Å². The summed E-state index contributed by atoms with van der Waals surface area (Å²) >= 11 is 4.89. The number of hydrogen-bond donors (Lipinski definition) is 0. The molecule has 1 atom stereocenters. The molecule has 20 heavy (non-hydrogen) atoms. The average Bonchev–Trinajstić information content (AvgIpc) is 3.01.